The molecule has 11 heteroatoms. The van der Waals surface area contributed by atoms with Crippen molar-refractivity contribution in [3.8, 4) is 5.75 Å². The monoisotopic (exact) mass is 482 g/mol. The number of halogens is 3. The average Bonchev–Trinajstić information content (AvgIpc) is 2.79. The maximum Gasteiger partial charge on any atom is 0.573 e. The number of ether oxygens (including phenoxy) is 1. The number of hydrogen-bond donors (Lipinski definition) is 1. The third-order valence-corrected chi connectivity index (χ3v) is 7.03. The van der Waals surface area contributed by atoms with Crippen LogP contribution in [0, 0.1) is 0 Å². The summed E-state index contributed by atoms with van der Waals surface area (Å²) in [5.74, 6) is -1.30. The van der Waals surface area contributed by atoms with Crippen molar-refractivity contribution in [3.63, 3.8) is 0 Å². The van der Waals surface area contributed by atoms with E-state index in [1.54, 1.807) is 24.1 Å². The van der Waals surface area contributed by atoms with Crippen LogP contribution in [0.15, 0.2) is 24.3 Å². The number of piperazine rings is 1. The van der Waals surface area contributed by atoms with E-state index in [0.29, 0.717) is 45.3 Å². The third kappa shape index (κ3) is 5.20. The van der Waals surface area contributed by atoms with Crippen molar-refractivity contribution < 1.29 is 32.3 Å². The lowest BCUT2D eigenvalue weighted by Gasteiger charge is -2.53. The Kier molecular flexibility index (Phi) is 6.86. The van der Waals surface area contributed by atoms with Crippen LogP contribution in [-0.2, 0) is 20.9 Å². The zero-order valence-corrected chi connectivity index (χ0v) is 19.2. The molecule has 3 saturated heterocycles. The molecule has 1 N–H and O–H groups in total. The first-order valence-electron chi connectivity index (χ1n) is 11.5. The molecule has 3 heterocycles. The summed E-state index contributed by atoms with van der Waals surface area (Å²) in [7, 11) is 1.64. The number of ketones is 1. The SMILES string of the molecule is CC(=O)C1CCC2C(N1)N(C1CCN(Cc3ccc(OC(F)(F)F)cc3)CC1)C(=O)C(=O)N2C. The van der Waals surface area contributed by atoms with Crippen molar-refractivity contribution in [1.82, 2.24) is 20.0 Å². The highest BCUT2D eigenvalue weighted by Gasteiger charge is 2.50. The fourth-order valence-electron chi connectivity index (χ4n) is 5.23. The quantitative estimate of drug-likeness (QED) is 0.646. The number of piperidine rings is 2. The summed E-state index contributed by atoms with van der Waals surface area (Å²) in [6.07, 6.45) is -2.51. The van der Waals surface area contributed by atoms with Gasteiger partial charge in [0.05, 0.1) is 12.1 Å². The Morgan fingerprint density at radius 1 is 1.06 bits per heavy atom. The molecule has 3 aliphatic rings. The van der Waals surface area contributed by atoms with Crippen LogP contribution in [0.1, 0.15) is 38.2 Å². The number of alkyl halides is 3. The van der Waals surface area contributed by atoms with Gasteiger partial charge in [0.1, 0.15) is 17.7 Å². The van der Waals surface area contributed by atoms with Gasteiger partial charge in [0.25, 0.3) is 0 Å². The molecule has 1 aromatic rings. The second kappa shape index (κ2) is 9.53. The van der Waals surface area contributed by atoms with Gasteiger partial charge in [-0.15, -0.1) is 13.2 Å². The highest BCUT2D eigenvalue weighted by Crippen LogP contribution is 2.31. The minimum absolute atomic E-state index is 0.0203. The zero-order chi connectivity index (χ0) is 24.6. The van der Waals surface area contributed by atoms with Gasteiger partial charge >= 0.3 is 18.2 Å². The number of carbonyl (C=O) groups is 3. The Morgan fingerprint density at radius 3 is 2.29 bits per heavy atom. The Labute approximate surface area is 196 Å². The number of amides is 2. The predicted molar refractivity (Wildman–Crippen MR) is 115 cm³/mol. The molecule has 3 atom stereocenters. The fraction of sp³-hybridized carbons (Fsp3) is 0.609. The molecule has 186 valence electrons. The molecule has 1 aromatic carbocycles. The number of Topliss-reactive ketones (excluding diaryl/α,β-unsaturated/α-hetero) is 1. The van der Waals surface area contributed by atoms with Crippen LogP contribution in [0.4, 0.5) is 13.2 Å². The molecule has 0 aromatic heterocycles. The second-order valence-electron chi connectivity index (χ2n) is 9.25. The predicted octanol–water partition coefficient (Wildman–Crippen LogP) is 1.89. The maximum atomic E-state index is 13.0. The molecule has 2 amide bonds. The second-order valence-corrected chi connectivity index (χ2v) is 9.25. The van der Waals surface area contributed by atoms with Gasteiger partial charge in [-0.2, -0.15) is 0 Å². The molecular weight excluding hydrogens is 453 g/mol. The van der Waals surface area contributed by atoms with Gasteiger partial charge in [-0.05, 0) is 50.3 Å². The van der Waals surface area contributed by atoms with Gasteiger partial charge in [0.15, 0.2) is 0 Å². The molecule has 8 nitrogen and oxygen atoms in total. The highest BCUT2D eigenvalue weighted by molar-refractivity contribution is 6.35. The molecule has 3 fully saturated rings. The van der Waals surface area contributed by atoms with Gasteiger partial charge < -0.3 is 14.5 Å². The van der Waals surface area contributed by atoms with Crippen LogP contribution < -0.4 is 10.1 Å². The number of likely N-dealkylation sites (tertiary alicyclic amines) is 1. The first-order chi connectivity index (χ1) is 16.0. The van der Waals surface area contributed by atoms with E-state index in [1.165, 1.54) is 24.0 Å². The number of fused-ring (bicyclic) bond motifs is 1. The molecule has 4 rings (SSSR count). The largest absolute Gasteiger partial charge is 0.573 e. The van der Waals surface area contributed by atoms with E-state index in [4.69, 9.17) is 0 Å². The summed E-state index contributed by atoms with van der Waals surface area (Å²) in [6.45, 7) is 3.44. The first-order valence-corrected chi connectivity index (χ1v) is 11.5. The molecular formula is C23H29F3N4O4. The van der Waals surface area contributed by atoms with Gasteiger partial charge in [0.2, 0.25) is 0 Å². The highest BCUT2D eigenvalue weighted by atomic mass is 19.4. The molecule has 0 saturated carbocycles. The average molecular weight is 483 g/mol. The summed E-state index contributed by atoms with van der Waals surface area (Å²) >= 11 is 0. The van der Waals surface area contributed by atoms with Gasteiger partial charge in [-0.25, -0.2) is 0 Å². The molecule has 0 radical (unpaired) electrons. The van der Waals surface area contributed by atoms with Crippen molar-refractivity contribution >= 4 is 17.6 Å². The summed E-state index contributed by atoms with van der Waals surface area (Å²) in [4.78, 5) is 42.9. The Hall–Kier alpha value is -2.66. The third-order valence-electron chi connectivity index (χ3n) is 7.03. The number of hydrogen-bond acceptors (Lipinski definition) is 6. The summed E-state index contributed by atoms with van der Waals surface area (Å²) in [6, 6.07) is 5.17. The molecule has 34 heavy (non-hydrogen) atoms. The Balaban J connectivity index is 1.39. The number of nitrogens with zero attached hydrogens (tertiary/aromatic N) is 3. The van der Waals surface area contributed by atoms with Gasteiger partial charge in [0, 0.05) is 32.7 Å². The number of benzene rings is 1. The molecule has 0 aliphatic carbocycles. The number of rotatable bonds is 5. The van der Waals surface area contributed by atoms with Crippen molar-refractivity contribution in [2.24, 2.45) is 0 Å². The van der Waals surface area contributed by atoms with Crippen molar-refractivity contribution in [2.75, 3.05) is 20.1 Å². The van der Waals surface area contributed by atoms with E-state index in [9.17, 15) is 27.6 Å². The van der Waals surface area contributed by atoms with Crippen LogP contribution >= 0.6 is 0 Å². The van der Waals surface area contributed by atoms with Crippen molar-refractivity contribution in [3.05, 3.63) is 29.8 Å². The van der Waals surface area contributed by atoms with Crippen LogP contribution in [0.25, 0.3) is 0 Å². The summed E-state index contributed by atoms with van der Waals surface area (Å²) in [5, 5.41) is 3.31. The minimum atomic E-state index is -4.72. The van der Waals surface area contributed by atoms with E-state index >= 15 is 0 Å². The van der Waals surface area contributed by atoms with Gasteiger partial charge in [-0.3, -0.25) is 24.6 Å². The lowest BCUT2D eigenvalue weighted by molar-refractivity contribution is -0.274. The lowest BCUT2D eigenvalue weighted by atomic mass is 9.90. The summed E-state index contributed by atoms with van der Waals surface area (Å²) in [5.41, 5.74) is 0.858. The van der Waals surface area contributed by atoms with E-state index in [-0.39, 0.29) is 29.7 Å². The van der Waals surface area contributed by atoms with Gasteiger partial charge in [-0.1, -0.05) is 12.1 Å². The van der Waals surface area contributed by atoms with Crippen LogP contribution in [0.5, 0.6) is 5.75 Å². The normalized spacial score (nSPS) is 27.0. The van der Waals surface area contributed by atoms with Crippen molar-refractivity contribution in [2.45, 2.75) is 69.8 Å². The first kappa shape index (κ1) is 24.5. The smallest absolute Gasteiger partial charge is 0.406 e. The molecule has 0 spiro atoms. The fourth-order valence-corrected chi connectivity index (χ4v) is 5.23. The number of likely N-dealkylation sites (N-methyl/N-ethyl adjacent to an activating group) is 1. The number of nitrogens with one attached hydrogen (secondary N) is 1. The zero-order valence-electron chi connectivity index (χ0n) is 19.2. The molecule has 3 unspecified atom stereocenters. The Bertz CT molecular complexity index is 931. The maximum absolute atomic E-state index is 13.0. The Morgan fingerprint density at radius 2 is 1.71 bits per heavy atom. The standard InChI is InChI=1S/C23H29F3N4O4/c1-14(31)18-7-8-19-20(27-18)30(22(33)21(32)28(19)2)16-9-11-29(12-10-16)13-15-3-5-17(6-4-15)34-23(24,25)26/h3-6,16,18-20,27H,7-13H2,1-2H3. The summed E-state index contributed by atoms with van der Waals surface area (Å²) < 4.78 is 40.9. The minimum Gasteiger partial charge on any atom is -0.406 e. The molecule has 0 bridgehead atoms. The topological polar surface area (TPSA) is 82.2 Å². The van der Waals surface area contributed by atoms with Crippen molar-refractivity contribution in [1.29, 1.82) is 0 Å². The molecule has 3 aliphatic heterocycles. The van der Waals surface area contributed by atoms with Crippen LogP contribution in [0.3, 0.4) is 0 Å². The number of carbonyl (C=O) groups excluding carboxylic acids is 3. The van der Waals surface area contributed by atoms with E-state index in [0.717, 1.165) is 5.56 Å². The van der Waals surface area contributed by atoms with E-state index in [2.05, 4.69) is 15.0 Å². The van der Waals surface area contributed by atoms with E-state index in [1.807, 2.05) is 0 Å². The van der Waals surface area contributed by atoms with E-state index < -0.39 is 24.3 Å². The van der Waals surface area contributed by atoms with Crippen LogP contribution in [0.2, 0.25) is 0 Å². The lowest BCUT2D eigenvalue weighted by Crippen LogP contribution is -2.74. The van der Waals surface area contributed by atoms with Crippen LogP contribution in [-0.4, -0.2) is 83.1 Å².